The maximum atomic E-state index is 11.4. The molecular weight excluding hydrogens is 202 g/mol. The lowest BCUT2D eigenvalue weighted by Gasteiger charge is -2.09. The van der Waals surface area contributed by atoms with E-state index in [1.807, 2.05) is 24.3 Å². The average Bonchev–Trinajstić information content (AvgIpc) is 2.20. The van der Waals surface area contributed by atoms with Gasteiger partial charge >= 0.3 is 0 Å². The first-order valence-corrected chi connectivity index (χ1v) is 5.50. The number of benzene rings is 1. The predicted molar refractivity (Wildman–Crippen MR) is 64.4 cm³/mol. The van der Waals surface area contributed by atoms with Crippen molar-refractivity contribution in [2.24, 2.45) is 0 Å². The number of Topliss-reactive ketones (excluding diaryl/α,β-unsaturated/α-hetero) is 1. The number of hydrogen-bond acceptors (Lipinski definition) is 2. The molecule has 1 amide bonds. The van der Waals surface area contributed by atoms with Crippen LogP contribution in [0.3, 0.4) is 0 Å². The summed E-state index contributed by atoms with van der Waals surface area (Å²) in [6.07, 6.45) is 1.90. The summed E-state index contributed by atoms with van der Waals surface area (Å²) in [7, 11) is 0. The SMILES string of the molecule is CCCc1ccccc1NC(=O)CC(C)=O. The maximum Gasteiger partial charge on any atom is 0.231 e. The van der Waals surface area contributed by atoms with Crippen molar-refractivity contribution in [3.63, 3.8) is 0 Å². The second kappa shape index (κ2) is 6.05. The molecule has 0 spiro atoms. The Hall–Kier alpha value is -1.64. The summed E-state index contributed by atoms with van der Waals surface area (Å²) in [6, 6.07) is 7.68. The smallest absolute Gasteiger partial charge is 0.231 e. The lowest BCUT2D eigenvalue weighted by atomic mass is 10.1. The molecule has 0 aromatic heterocycles. The number of para-hydroxylation sites is 1. The molecule has 0 bridgehead atoms. The van der Waals surface area contributed by atoms with Crippen molar-refractivity contribution in [1.82, 2.24) is 0 Å². The van der Waals surface area contributed by atoms with Gasteiger partial charge in [0.25, 0.3) is 0 Å². The molecule has 16 heavy (non-hydrogen) atoms. The Morgan fingerprint density at radius 1 is 1.25 bits per heavy atom. The molecule has 3 heteroatoms. The quantitative estimate of drug-likeness (QED) is 0.773. The van der Waals surface area contributed by atoms with Gasteiger partial charge in [-0.15, -0.1) is 0 Å². The molecule has 0 fully saturated rings. The first kappa shape index (κ1) is 12.4. The molecule has 0 aliphatic heterocycles. The fourth-order valence-corrected chi connectivity index (χ4v) is 1.55. The molecule has 0 radical (unpaired) electrons. The molecule has 1 rings (SSSR count). The number of amides is 1. The molecule has 86 valence electrons. The van der Waals surface area contributed by atoms with Crippen LogP contribution < -0.4 is 5.32 Å². The summed E-state index contributed by atoms with van der Waals surface area (Å²) in [5.41, 5.74) is 1.93. The van der Waals surface area contributed by atoms with Gasteiger partial charge in [0.05, 0.1) is 6.42 Å². The van der Waals surface area contributed by atoms with Crippen LogP contribution in [0.1, 0.15) is 32.3 Å². The monoisotopic (exact) mass is 219 g/mol. The second-order valence-corrected chi connectivity index (χ2v) is 3.83. The fourth-order valence-electron chi connectivity index (χ4n) is 1.55. The number of hydrogen-bond donors (Lipinski definition) is 1. The van der Waals surface area contributed by atoms with Crippen LogP contribution in [0.25, 0.3) is 0 Å². The number of aryl methyl sites for hydroxylation is 1. The first-order chi connectivity index (χ1) is 7.63. The van der Waals surface area contributed by atoms with Gasteiger partial charge in [0, 0.05) is 5.69 Å². The van der Waals surface area contributed by atoms with Crippen molar-refractivity contribution in [2.75, 3.05) is 5.32 Å². The van der Waals surface area contributed by atoms with Crippen LogP contribution in [-0.2, 0) is 16.0 Å². The van der Waals surface area contributed by atoms with E-state index in [1.54, 1.807) is 0 Å². The van der Waals surface area contributed by atoms with E-state index in [2.05, 4.69) is 12.2 Å². The predicted octanol–water partition coefficient (Wildman–Crippen LogP) is 2.56. The number of carbonyl (C=O) groups is 2. The van der Waals surface area contributed by atoms with E-state index in [0.717, 1.165) is 24.1 Å². The van der Waals surface area contributed by atoms with Gasteiger partial charge in [0.2, 0.25) is 5.91 Å². The van der Waals surface area contributed by atoms with E-state index in [4.69, 9.17) is 0 Å². The molecule has 1 aromatic rings. The third-order valence-corrected chi connectivity index (χ3v) is 2.22. The number of nitrogens with one attached hydrogen (secondary N) is 1. The summed E-state index contributed by atoms with van der Waals surface area (Å²) in [4.78, 5) is 22.2. The molecule has 0 aliphatic carbocycles. The van der Waals surface area contributed by atoms with Crippen LogP contribution >= 0.6 is 0 Å². The highest BCUT2D eigenvalue weighted by molar-refractivity contribution is 6.03. The van der Waals surface area contributed by atoms with Gasteiger partial charge in [-0.3, -0.25) is 9.59 Å². The van der Waals surface area contributed by atoms with Crippen LogP contribution in [0, 0.1) is 0 Å². The topological polar surface area (TPSA) is 46.2 Å². The molecule has 1 aromatic carbocycles. The van der Waals surface area contributed by atoms with E-state index in [0.29, 0.717) is 0 Å². The van der Waals surface area contributed by atoms with Crippen molar-refractivity contribution in [3.8, 4) is 0 Å². The van der Waals surface area contributed by atoms with Crippen LogP contribution in [0.15, 0.2) is 24.3 Å². The van der Waals surface area contributed by atoms with Gasteiger partial charge in [-0.05, 0) is 25.0 Å². The van der Waals surface area contributed by atoms with Gasteiger partial charge < -0.3 is 5.32 Å². The van der Waals surface area contributed by atoms with Crippen LogP contribution in [-0.4, -0.2) is 11.7 Å². The lowest BCUT2D eigenvalue weighted by molar-refractivity contribution is -0.124. The van der Waals surface area contributed by atoms with Gasteiger partial charge in [0.1, 0.15) is 5.78 Å². The largest absolute Gasteiger partial charge is 0.325 e. The Balaban J connectivity index is 2.72. The Labute approximate surface area is 95.9 Å². The van der Waals surface area contributed by atoms with Gasteiger partial charge in [-0.2, -0.15) is 0 Å². The highest BCUT2D eigenvalue weighted by atomic mass is 16.2. The van der Waals surface area contributed by atoms with Crippen LogP contribution in [0.2, 0.25) is 0 Å². The normalized spacial score (nSPS) is 9.88. The van der Waals surface area contributed by atoms with Crippen LogP contribution in [0.4, 0.5) is 5.69 Å². The van der Waals surface area contributed by atoms with E-state index < -0.39 is 0 Å². The Bertz CT molecular complexity index is 385. The van der Waals surface area contributed by atoms with Crippen molar-refractivity contribution in [3.05, 3.63) is 29.8 Å². The zero-order valence-electron chi connectivity index (χ0n) is 9.75. The number of ketones is 1. The molecule has 0 saturated heterocycles. The summed E-state index contributed by atoms with van der Waals surface area (Å²) < 4.78 is 0. The van der Waals surface area contributed by atoms with E-state index >= 15 is 0 Å². The summed E-state index contributed by atoms with van der Waals surface area (Å²) in [5.74, 6) is -0.360. The molecular formula is C13H17NO2. The minimum absolute atomic E-state index is 0.0551. The van der Waals surface area contributed by atoms with Gasteiger partial charge in [-0.25, -0.2) is 0 Å². The standard InChI is InChI=1S/C13H17NO2/c1-3-6-11-7-4-5-8-12(11)14-13(16)9-10(2)15/h4-5,7-8H,3,6,9H2,1-2H3,(H,14,16). The zero-order valence-corrected chi connectivity index (χ0v) is 9.75. The number of anilines is 1. The van der Waals surface area contributed by atoms with Crippen molar-refractivity contribution in [1.29, 1.82) is 0 Å². The fraction of sp³-hybridized carbons (Fsp3) is 0.385. The average molecular weight is 219 g/mol. The lowest BCUT2D eigenvalue weighted by Crippen LogP contribution is -2.15. The first-order valence-electron chi connectivity index (χ1n) is 5.50. The highest BCUT2D eigenvalue weighted by Crippen LogP contribution is 2.16. The zero-order chi connectivity index (χ0) is 12.0. The molecule has 1 N–H and O–H groups in total. The molecule has 3 nitrogen and oxygen atoms in total. The van der Waals surface area contributed by atoms with Gasteiger partial charge in [-0.1, -0.05) is 31.5 Å². The third-order valence-electron chi connectivity index (χ3n) is 2.22. The highest BCUT2D eigenvalue weighted by Gasteiger charge is 2.07. The Morgan fingerprint density at radius 2 is 1.94 bits per heavy atom. The molecule has 0 heterocycles. The van der Waals surface area contributed by atoms with Crippen molar-refractivity contribution in [2.45, 2.75) is 33.1 Å². The van der Waals surface area contributed by atoms with Gasteiger partial charge in [0.15, 0.2) is 0 Å². The summed E-state index contributed by atoms with van der Waals surface area (Å²) in [6.45, 7) is 3.51. The van der Waals surface area contributed by atoms with Crippen molar-refractivity contribution < 1.29 is 9.59 Å². The number of rotatable bonds is 5. The van der Waals surface area contributed by atoms with E-state index in [9.17, 15) is 9.59 Å². The Kier molecular flexibility index (Phi) is 4.70. The number of carbonyl (C=O) groups excluding carboxylic acids is 2. The van der Waals surface area contributed by atoms with Crippen molar-refractivity contribution >= 4 is 17.4 Å². The summed E-state index contributed by atoms with van der Waals surface area (Å²) >= 11 is 0. The Morgan fingerprint density at radius 3 is 2.56 bits per heavy atom. The summed E-state index contributed by atoms with van der Waals surface area (Å²) in [5, 5.41) is 2.77. The molecule has 0 unspecified atom stereocenters. The van der Waals surface area contributed by atoms with E-state index in [-0.39, 0.29) is 18.1 Å². The molecule has 0 saturated carbocycles. The maximum absolute atomic E-state index is 11.4. The molecule has 0 atom stereocenters. The minimum Gasteiger partial charge on any atom is -0.325 e. The third kappa shape index (κ3) is 3.85. The van der Waals surface area contributed by atoms with E-state index in [1.165, 1.54) is 6.92 Å². The molecule has 0 aliphatic rings. The second-order valence-electron chi connectivity index (χ2n) is 3.83. The minimum atomic E-state index is -0.240. The van der Waals surface area contributed by atoms with Crippen LogP contribution in [0.5, 0.6) is 0 Å².